The Labute approximate surface area is 197 Å². The third kappa shape index (κ3) is 4.27. The Morgan fingerprint density at radius 2 is 1.74 bits per heavy atom. The number of nitrogens with one attached hydrogen (secondary N) is 2. The molecule has 11 heteroatoms. The monoisotopic (exact) mass is 471 g/mol. The second kappa shape index (κ2) is 9.13. The van der Waals surface area contributed by atoms with E-state index in [1.165, 1.54) is 0 Å². The molecule has 2 N–H and O–H groups in total. The number of hydrazine groups is 1. The Balaban J connectivity index is 1.09. The van der Waals surface area contributed by atoms with Crippen LogP contribution in [0.25, 0.3) is 0 Å². The van der Waals surface area contributed by atoms with Gasteiger partial charge in [0.05, 0.1) is 6.54 Å². The van der Waals surface area contributed by atoms with E-state index in [9.17, 15) is 19.2 Å². The molecule has 3 aliphatic heterocycles. The fourth-order valence-electron chi connectivity index (χ4n) is 5.05. The number of imide groups is 1. The average Bonchev–Trinajstić information content (AvgIpc) is 3.07. The zero-order valence-corrected chi connectivity index (χ0v) is 19.0. The van der Waals surface area contributed by atoms with Gasteiger partial charge < -0.3 is 19.7 Å². The number of carbonyl (C=O) groups excluding carboxylic acids is 4. The van der Waals surface area contributed by atoms with Crippen molar-refractivity contribution in [3.05, 3.63) is 24.3 Å². The first kappa shape index (κ1) is 22.5. The van der Waals surface area contributed by atoms with Gasteiger partial charge in [-0.3, -0.25) is 24.7 Å². The molecule has 0 radical (unpaired) electrons. The fraction of sp³-hybridized carbons (Fsp3) is 0.565. The first-order valence-corrected chi connectivity index (χ1v) is 11.8. The highest BCUT2D eigenvalue weighted by atomic mass is 16.6. The number of piperazine rings is 1. The van der Waals surface area contributed by atoms with Crippen LogP contribution in [0.1, 0.15) is 32.1 Å². The molecule has 3 fully saturated rings. The molecule has 0 unspecified atom stereocenters. The van der Waals surface area contributed by atoms with Gasteiger partial charge in [0.25, 0.3) is 17.7 Å². The predicted molar refractivity (Wildman–Crippen MR) is 119 cm³/mol. The Bertz CT molecular complexity index is 986. The second-order valence-corrected chi connectivity index (χ2v) is 9.21. The minimum absolute atomic E-state index is 0.0303. The van der Waals surface area contributed by atoms with E-state index < -0.39 is 23.6 Å². The first-order chi connectivity index (χ1) is 16.4. The molecule has 0 bridgehead atoms. The molecule has 5 amide bonds. The standard InChI is InChI=1S/C23H29N5O6/c29-19(25-28-21(31)23(24-22(28)32)8-4-1-5-9-23)14-26-10-12-27(13-11-26)20(30)18-15-33-16-6-2-3-7-17(16)34-18/h2-3,6-7,18H,1,4-5,8-15H2,(H,24,32)(H,25,29)/t18-/m0/s1. The zero-order valence-electron chi connectivity index (χ0n) is 19.0. The van der Waals surface area contributed by atoms with Crippen molar-refractivity contribution in [2.75, 3.05) is 39.3 Å². The van der Waals surface area contributed by atoms with Crippen molar-refractivity contribution in [3.8, 4) is 11.5 Å². The number of para-hydroxylation sites is 2. The molecule has 34 heavy (non-hydrogen) atoms. The summed E-state index contributed by atoms with van der Waals surface area (Å²) in [5.74, 6) is 0.226. The molecule has 0 aromatic heterocycles. The predicted octanol–water partition coefficient (Wildman–Crippen LogP) is 0.257. The van der Waals surface area contributed by atoms with Crippen LogP contribution >= 0.6 is 0 Å². The fourth-order valence-corrected chi connectivity index (χ4v) is 5.05. The van der Waals surface area contributed by atoms with Gasteiger partial charge in [0.15, 0.2) is 11.5 Å². The number of amides is 5. The van der Waals surface area contributed by atoms with Gasteiger partial charge in [-0.05, 0) is 25.0 Å². The van der Waals surface area contributed by atoms with Crippen molar-refractivity contribution in [1.82, 2.24) is 25.6 Å². The lowest BCUT2D eigenvalue weighted by atomic mass is 9.82. The van der Waals surface area contributed by atoms with E-state index in [0.29, 0.717) is 50.5 Å². The number of hydrogen-bond acceptors (Lipinski definition) is 7. The van der Waals surface area contributed by atoms with Crippen molar-refractivity contribution in [1.29, 1.82) is 0 Å². The zero-order chi connectivity index (χ0) is 23.7. The minimum atomic E-state index is -0.875. The van der Waals surface area contributed by atoms with E-state index >= 15 is 0 Å². The van der Waals surface area contributed by atoms with Gasteiger partial charge in [0, 0.05) is 26.2 Å². The number of rotatable bonds is 4. The molecule has 1 saturated carbocycles. The smallest absolute Gasteiger partial charge is 0.344 e. The second-order valence-electron chi connectivity index (χ2n) is 9.21. The van der Waals surface area contributed by atoms with Crippen LogP contribution in [0.3, 0.4) is 0 Å². The van der Waals surface area contributed by atoms with E-state index in [0.717, 1.165) is 24.3 Å². The Kier molecular flexibility index (Phi) is 6.03. The van der Waals surface area contributed by atoms with Crippen molar-refractivity contribution in [2.45, 2.75) is 43.7 Å². The molecular formula is C23H29N5O6. The molecule has 11 nitrogen and oxygen atoms in total. The number of urea groups is 1. The molecule has 1 spiro atoms. The molecule has 1 aromatic carbocycles. The molecule has 1 aromatic rings. The van der Waals surface area contributed by atoms with Gasteiger partial charge in [0.2, 0.25) is 6.10 Å². The van der Waals surface area contributed by atoms with Gasteiger partial charge in [-0.25, -0.2) is 4.79 Å². The van der Waals surface area contributed by atoms with Gasteiger partial charge in [0.1, 0.15) is 12.1 Å². The number of carbonyl (C=O) groups is 4. The molecule has 1 aliphatic carbocycles. The molecule has 5 rings (SSSR count). The van der Waals surface area contributed by atoms with Crippen LogP contribution in [-0.2, 0) is 14.4 Å². The number of ether oxygens (including phenoxy) is 2. The normalized spacial score (nSPS) is 24.2. The van der Waals surface area contributed by atoms with E-state index in [1.54, 1.807) is 17.0 Å². The lowest BCUT2D eigenvalue weighted by Gasteiger charge is -2.37. The quantitative estimate of drug-likeness (QED) is 0.604. The summed E-state index contributed by atoms with van der Waals surface area (Å²) in [7, 11) is 0. The highest BCUT2D eigenvalue weighted by Crippen LogP contribution is 2.33. The summed E-state index contributed by atoms with van der Waals surface area (Å²) in [5.41, 5.74) is 1.59. The van der Waals surface area contributed by atoms with E-state index in [1.807, 2.05) is 17.0 Å². The average molecular weight is 472 g/mol. The van der Waals surface area contributed by atoms with Crippen molar-refractivity contribution in [3.63, 3.8) is 0 Å². The van der Waals surface area contributed by atoms with Gasteiger partial charge in [-0.1, -0.05) is 31.4 Å². The molecule has 182 valence electrons. The number of nitrogens with zero attached hydrogens (tertiary/aromatic N) is 3. The Morgan fingerprint density at radius 3 is 2.47 bits per heavy atom. The Hall–Kier alpha value is -3.34. The topological polar surface area (TPSA) is 121 Å². The Morgan fingerprint density at radius 1 is 1.03 bits per heavy atom. The first-order valence-electron chi connectivity index (χ1n) is 11.8. The van der Waals surface area contributed by atoms with Gasteiger partial charge in [-0.15, -0.1) is 0 Å². The third-order valence-corrected chi connectivity index (χ3v) is 6.94. The summed E-state index contributed by atoms with van der Waals surface area (Å²) in [5, 5.41) is 3.60. The van der Waals surface area contributed by atoms with E-state index in [4.69, 9.17) is 9.47 Å². The summed E-state index contributed by atoms with van der Waals surface area (Å²) in [6.07, 6.45) is 3.29. The summed E-state index contributed by atoms with van der Waals surface area (Å²) in [4.78, 5) is 54.2. The maximum Gasteiger partial charge on any atom is 0.344 e. The number of fused-ring (bicyclic) bond motifs is 1. The lowest BCUT2D eigenvalue weighted by molar-refractivity contribution is -0.144. The van der Waals surface area contributed by atoms with Gasteiger partial charge in [-0.2, -0.15) is 5.01 Å². The summed E-state index contributed by atoms with van der Waals surface area (Å²) >= 11 is 0. The van der Waals surface area contributed by atoms with Gasteiger partial charge >= 0.3 is 6.03 Å². The van der Waals surface area contributed by atoms with Crippen LogP contribution in [0.2, 0.25) is 0 Å². The summed E-state index contributed by atoms with van der Waals surface area (Å²) in [6, 6.07) is 6.67. The summed E-state index contributed by atoms with van der Waals surface area (Å²) in [6.45, 7) is 2.06. The number of hydrogen-bond donors (Lipinski definition) is 2. The maximum atomic E-state index is 12.9. The SMILES string of the molecule is O=C(CN1CCN(C(=O)[C@@H]2COc3ccccc3O2)CC1)NN1C(=O)NC2(CCCCC2)C1=O. The van der Waals surface area contributed by atoms with Crippen LogP contribution in [-0.4, -0.2) is 89.5 Å². The van der Waals surface area contributed by atoms with Crippen LogP contribution in [0.4, 0.5) is 4.79 Å². The van der Waals surface area contributed by atoms with E-state index in [2.05, 4.69) is 10.7 Å². The largest absolute Gasteiger partial charge is 0.485 e. The van der Waals surface area contributed by atoms with E-state index in [-0.39, 0.29) is 25.0 Å². The van der Waals surface area contributed by atoms with Crippen LogP contribution < -0.4 is 20.2 Å². The van der Waals surface area contributed by atoms with Crippen molar-refractivity contribution >= 4 is 23.8 Å². The molecule has 1 atom stereocenters. The maximum absolute atomic E-state index is 12.9. The van der Waals surface area contributed by atoms with Crippen molar-refractivity contribution < 1.29 is 28.7 Å². The van der Waals surface area contributed by atoms with Crippen LogP contribution in [0.5, 0.6) is 11.5 Å². The molecule has 3 heterocycles. The molecular weight excluding hydrogens is 442 g/mol. The molecule has 2 saturated heterocycles. The number of benzene rings is 1. The highest BCUT2D eigenvalue weighted by Gasteiger charge is 2.52. The minimum Gasteiger partial charge on any atom is -0.485 e. The molecule has 4 aliphatic rings. The lowest BCUT2D eigenvalue weighted by Crippen LogP contribution is -2.56. The highest BCUT2D eigenvalue weighted by molar-refractivity contribution is 6.08. The van der Waals surface area contributed by atoms with Crippen molar-refractivity contribution in [2.24, 2.45) is 0 Å². The van der Waals surface area contributed by atoms with Crippen LogP contribution in [0, 0.1) is 0 Å². The third-order valence-electron chi connectivity index (χ3n) is 6.94. The summed E-state index contributed by atoms with van der Waals surface area (Å²) < 4.78 is 11.5. The van der Waals surface area contributed by atoms with Crippen LogP contribution in [0.15, 0.2) is 24.3 Å².